The van der Waals surface area contributed by atoms with Gasteiger partial charge in [-0.05, 0) is 25.0 Å². The molecule has 2 heterocycles. The highest BCUT2D eigenvalue weighted by atomic mass is 32.2. The number of hydrogen-bond acceptors (Lipinski definition) is 5. The molecule has 1 atom stereocenters. The van der Waals surface area contributed by atoms with Gasteiger partial charge in [-0.15, -0.1) is 0 Å². The third-order valence-corrected chi connectivity index (χ3v) is 5.15. The van der Waals surface area contributed by atoms with E-state index in [0.29, 0.717) is 5.25 Å². The molecule has 0 radical (unpaired) electrons. The Morgan fingerprint density at radius 3 is 3.05 bits per heavy atom. The lowest BCUT2D eigenvalue weighted by Gasteiger charge is -2.25. The van der Waals surface area contributed by atoms with Crippen molar-refractivity contribution in [1.82, 2.24) is 5.32 Å². The maximum atomic E-state index is 12.1. The average Bonchev–Trinajstić information content (AvgIpc) is 2.53. The summed E-state index contributed by atoms with van der Waals surface area (Å²) in [4.78, 5) is 20.9. The van der Waals surface area contributed by atoms with Gasteiger partial charge in [0, 0.05) is 25.5 Å². The van der Waals surface area contributed by atoms with Crippen molar-refractivity contribution in [2.75, 3.05) is 26.0 Å². The van der Waals surface area contributed by atoms with Crippen LogP contribution in [0.15, 0.2) is 33.9 Å². The molecule has 3 aliphatic rings. The minimum absolute atomic E-state index is 0.00484. The lowest BCUT2D eigenvalue weighted by Crippen LogP contribution is -2.42. The van der Waals surface area contributed by atoms with Crippen LogP contribution in [0.25, 0.3) is 0 Å². The zero-order valence-corrected chi connectivity index (χ0v) is 12.9. The number of amidine groups is 1. The van der Waals surface area contributed by atoms with Crippen molar-refractivity contribution in [3.63, 3.8) is 0 Å². The van der Waals surface area contributed by atoms with Gasteiger partial charge in [0.15, 0.2) is 0 Å². The number of amides is 1. The molecule has 0 aromatic carbocycles. The number of allylic oxidation sites excluding steroid dienone is 2. The Balaban J connectivity index is 1.67. The molecule has 0 bridgehead atoms. The summed E-state index contributed by atoms with van der Waals surface area (Å²) in [5, 5.41) is 3.52. The van der Waals surface area contributed by atoms with Gasteiger partial charge in [-0.3, -0.25) is 9.79 Å². The number of fused-ring (bicyclic) bond motifs is 1. The first-order valence-electron chi connectivity index (χ1n) is 7.20. The third kappa shape index (κ3) is 3.44. The Hall–Kier alpha value is -1.40. The van der Waals surface area contributed by atoms with Crippen LogP contribution >= 0.6 is 11.8 Å². The number of carbonyl (C=O) groups is 1. The summed E-state index contributed by atoms with van der Waals surface area (Å²) in [7, 11) is 1.74. The Bertz CT molecular complexity index is 545. The monoisotopic (exact) mass is 305 g/mol. The summed E-state index contributed by atoms with van der Waals surface area (Å²) in [5.41, 5.74) is 1.65. The second-order valence-corrected chi connectivity index (χ2v) is 6.51. The molecule has 1 unspecified atom stereocenters. The Morgan fingerprint density at radius 1 is 1.48 bits per heavy atom. The fraction of sp³-hybridized carbons (Fsp3) is 0.533. The molecule has 21 heavy (non-hydrogen) atoms. The van der Waals surface area contributed by atoms with Gasteiger partial charge in [0.05, 0.1) is 23.1 Å². The number of rotatable bonds is 3. The van der Waals surface area contributed by atoms with E-state index in [9.17, 15) is 4.79 Å². The van der Waals surface area contributed by atoms with Crippen LogP contribution in [-0.4, -0.2) is 48.7 Å². The number of aliphatic imine (C=N–C) groups is 2. The van der Waals surface area contributed by atoms with Gasteiger partial charge < -0.3 is 10.1 Å². The van der Waals surface area contributed by atoms with Crippen molar-refractivity contribution in [1.29, 1.82) is 0 Å². The molecule has 0 saturated carbocycles. The van der Waals surface area contributed by atoms with E-state index < -0.39 is 0 Å². The quantitative estimate of drug-likeness (QED) is 0.861. The predicted octanol–water partition coefficient (Wildman–Crippen LogP) is 1.57. The number of nitrogens with one attached hydrogen (secondary N) is 1. The lowest BCUT2D eigenvalue weighted by molar-refractivity contribution is -0.121. The highest BCUT2D eigenvalue weighted by Gasteiger charge is 2.29. The van der Waals surface area contributed by atoms with Crippen molar-refractivity contribution in [3.05, 3.63) is 23.9 Å². The van der Waals surface area contributed by atoms with Crippen LogP contribution in [0.5, 0.6) is 0 Å². The van der Waals surface area contributed by atoms with E-state index in [4.69, 9.17) is 4.74 Å². The molecule has 5 nitrogen and oxygen atoms in total. The van der Waals surface area contributed by atoms with Gasteiger partial charge in [0.2, 0.25) is 5.91 Å². The number of thioether (sulfide) groups is 1. The van der Waals surface area contributed by atoms with Crippen LogP contribution in [0.2, 0.25) is 0 Å². The molecule has 1 fully saturated rings. The molecule has 0 spiro atoms. The molecule has 3 rings (SSSR count). The standard InChI is InChI=1S/C15H19N3O2S/c1-16-10-2-3-12-13(8-10)17-14(18-15(12)19)9-21-11-4-6-20-7-5-11/h2-3,8,11-12H,4-7,9H2,1H3,(H,17,18,19). The van der Waals surface area contributed by atoms with Gasteiger partial charge in [-0.2, -0.15) is 11.8 Å². The SMILES string of the molecule is CN=C1C=CC2C(=O)NC(CSC3CCOCC3)=NC2=C1. The van der Waals surface area contributed by atoms with Crippen molar-refractivity contribution < 1.29 is 9.53 Å². The third-order valence-electron chi connectivity index (χ3n) is 3.77. The summed E-state index contributed by atoms with van der Waals surface area (Å²) in [6.07, 6.45) is 7.77. The van der Waals surface area contributed by atoms with Crippen LogP contribution < -0.4 is 5.32 Å². The smallest absolute Gasteiger partial charge is 0.238 e. The Morgan fingerprint density at radius 2 is 2.29 bits per heavy atom. The second kappa shape index (κ2) is 6.58. The maximum Gasteiger partial charge on any atom is 0.238 e. The summed E-state index contributed by atoms with van der Waals surface area (Å²) < 4.78 is 5.36. The van der Waals surface area contributed by atoms with Crippen LogP contribution in [0.3, 0.4) is 0 Å². The zero-order chi connectivity index (χ0) is 14.7. The summed E-state index contributed by atoms with van der Waals surface area (Å²) >= 11 is 1.85. The van der Waals surface area contributed by atoms with Gasteiger partial charge in [0.1, 0.15) is 5.84 Å². The van der Waals surface area contributed by atoms with Crippen molar-refractivity contribution >= 4 is 29.2 Å². The molecule has 0 aromatic heterocycles. The molecule has 1 saturated heterocycles. The van der Waals surface area contributed by atoms with Crippen molar-refractivity contribution in [2.45, 2.75) is 18.1 Å². The molecule has 2 aliphatic heterocycles. The van der Waals surface area contributed by atoms with Gasteiger partial charge in [-0.1, -0.05) is 6.08 Å². The summed E-state index contributed by atoms with van der Waals surface area (Å²) in [6.45, 7) is 1.68. The van der Waals surface area contributed by atoms with Gasteiger partial charge in [-0.25, -0.2) is 4.99 Å². The molecule has 1 N–H and O–H groups in total. The first kappa shape index (κ1) is 14.5. The predicted molar refractivity (Wildman–Crippen MR) is 85.9 cm³/mol. The van der Waals surface area contributed by atoms with E-state index in [0.717, 1.165) is 49.1 Å². The molecule has 112 valence electrons. The molecular formula is C15H19N3O2S. The van der Waals surface area contributed by atoms with E-state index in [2.05, 4.69) is 15.3 Å². The molecule has 0 aromatic rings. The van der Waals surface area contributed by atoms with Gasteiger partial charge in [0.25, 0.3) is 0 Å². The highest BCUT2D eigenvalue weighted by Crippen LogP contribution is 2.26. The number of hydrogen-bond donors (Lipinski definition) is 1. The van der Waals surface area contributed by atoms with Crippen molar-refractivity contribution in [2.24, 2.45) is 15.9 Å². The first-order valence-corrected chi connectivity index (χ1v) is 8.25. The van der Waals surface area contributed by atoms with Crippen LogP contribution in [-0.2, 0) is 9.53 Å². The number of nitrogens with zero attached hydrogens (tertiary/aromatic N) is 2. The average molecular weight is 305 g/mol. The van der Waals surface area contributed by atoms with Crippen molar-refractivity contribution in [3.8, 4) is 0 Å². The molecule has 1 aliphatic carbocycles. The number of carbonyl (C=O) groups excluding carboxylic acids is 1. The largest absolute Gasteiger partial charge is 0.381 e. The summed E-state index contributed by atoms with van der Waals surface area (Å²) in [6, 6.07) is 0. The van der Waals surface area contributed by atoms with E-state index in [1.165, 1.54) is 0 Å². The van der Waals surface area contributed by atoms with E-state index in [1.54, 1.807) is 7.05 Å². The van der Waals surface area contributed by atoms with Crippen LogP contribution in [0.4, 0.5) is 0 Å². The Labute approximate surface area is 128 Å². The first-order chi connectivity index (χ1) is 10.3. The zero-order valence-electron chi connectivity index (χ0n) is 12.0. The lowest BCUT2D eigenvalue weighted by atomic mass is 9.96. The fourth-order valence-electron chi connectivity index (χ4n) is 2.56. The fourth-order valence-corrected chi connectivity index (χ4v) is 3.61. The van der Waals surface area contributed by atoms with Gasteiger partial charge >= 0.3 is 0 Å². The Kier molecular flexibility index (Phi) is 4.55. The molecule has 1 amide bonds. The summed E-state index contributed by atoms with van der Waals surface area (Å²) in [5.74, 6) is 1.23. The number of ether oxygens (including phenoxy) is 1. The van der Waals surface area contributed by atoms with E-state index in [-0.39, 0.29) is 11.8 Å². The van der Waals surface area contributed by atoms with E-state index >= 15 is 0 Å². The van der Waals surface area contributed by atoms with Crippen LogP contribution in [0.1, 0.15) is 12.8 Å². The maximum absolute atomic E-state index is 12.1. The minimum atomic E-state index is -0.271. The minimum Gasteiger partial charge on any atom is -0.381 e. The normalized spacial score (nSPS) is 28.0. The molecular weight excluding hydrogens is 286 g/mol. The second-order valence-electron chi connectivity index (χ2n) is 5.22. The van der Waals surface area contributed by atoms with E-state index in [1.807, 2.05) is 30.0 Å². The van der Waals surface area contributed by atoms with Crippen LogP contribution in [0, 0.1) is 5.92 Å². The molecule has 6 heteroatoms. The highest BCUT2D eigenvalue weighted by molar-refractivity contribution is 8.00. The topological polar surface area (TPSA) is 63.0 Å².